The highest BCUT2D eigenvalue weighted by molar-refractivity contribution is 6.27. The molecule has 0 saturated carbocycles. The molecule has 0 aliphatic carbocycles. The molecule has 2 heteroatoms. The van der Waals surface area contributed by atoms with Crippen molar-refractivity contribution < 1.29 is 8.83 Å². The van der Waals surface area contributed by atoms with E-state index < -0.39 is 0 Å². The van der Waals surface area contributed by atoms with Gasteiger partial charge in [0.25, 0.3) is 0 Å². The summed E-state index contributed by atoms with van der Waals surface area (Å²) in [7, 11) is 0. The third-order valence-electron chi connectivity index (χ3n) is 5.24. The quantitative estimate of drug-likeness (QED) is 0.316. The lowest BCUT2D eigenvalue weighted by atomic mass is 9.89. The Hall–Kier alpha value is -3.52. The summed E-state index contributed by atoms with van der Waals surface area (Å²) >= 11 is 0. The van der Waals surface area contributed by atoms with Crippen molar-refractivity contribution in [2.75, 3.05) is 0 Å². The average molecular weight is 334 g/mol. The van der Waals surface area contributed by atoms with E-state index in [1.165, 1.54) is 32.3 Å². The second-order valence-electron chi connectivity index (χ2n) is 6.60. The van der Waals surface area contributed by atoms with Crippen molar-refractivity contribution in [3.8, 4) is 22.6 Å². The lowest BCUT2D eigenvalue weighted by Gasteiger charge is -2.15. The Morgan fingerprint density at radius 3 is 1.35 bits per heavy atom. The molecule has 26 heavy (non-hydrogen) atoms. The normalized spacial score (nSPS) is 11.8. The zero-order chi connectivity index (χ0) is 17.1. The van der Waals surface area contributed by atoms with E-state index in [-0.39, 0.29) is 0 Å². The maximum absolute atomic E-state index is 5.68. The van der Waals surface area contributed by atoms with Gasteiger partial charge in [0.05, 0.1) is 12.5 Å². The molecule has 4 aromatic carbocycles. The number of hydrogen-bond acceptors (Lipinski definition) is 2. The fourth-order valence-corrected chi connectivity index (χ4v) is 4.09. The molecule has 0 spiro atoms. The van der Waals surface area contributed by atoms with Gasteiger partial charge in [0.2, 0.25) is 0 Å². The van der Waals surface area contributed by atoms with Crippen molar-refractivity contribution in [2.24, 2.45) is 0 Å². The van der Waals surface area contributed by atoms with Crippen LogP contribution in [0.5, 0.6) is 0 Å². The standard InChI is InChI=1S/C24H14O2/c1-3-21(25-13-1)17-9-7-15-5-6-16-8-10-18(22-4-2-14-26-22)20-12-11-19(17)23(15)24(16)20/h1-14H. The van der Waals surface area contributed by atoms with Gasteiger partial charge in [-0.2, -0.15) is 0 Å². The Labute approximate surface area is 149 Å². The van der Waals surface area contributed by atoms with Gasteiger partial charge >= 0.3 is 0 Å². The minimum atomic E-state index is 0.897. The van der Waals surface area contributed by atoms with Gasteiger partial charge in [-0.05, 0) is 68.7 Å². The largest absolute Gasteiger partial charge is 0.464 e. The molecule has 0 amide bonds. The first-order valence-corrected chi connectivity index (χ1v) is 8.68. The molecule has 0 N–H and O–H groups in total. The molecular formula is C24H14O2. The van der Waals surface area contributed by atoms with E-state index in [9.17, 15) is 0 Å². The van der Waals surface area contributed by atoms with Gasteiger partial charge in [-0.1, -0.05) is 36.4 Å². The van der Waals surface area contributed by atoms with Crippen LogP contribution in [0.15, 0.2) is 94.2 Å². The molecule has 2 aromatic heterocycles. The minimum absolute atomic E-state index is 0.897. The van der Waals surface area contributed by atoms with E-state index >= 15 is 0 Å². The Bertz CT molecular complexity index is 1250. The van der Waals surface area contributed by atoms with Crippen molar-refractivity contribution in [2.45, 2.75) is 0 Å². The number of hydrogen-bond donors (Lipinski definition) is 0. The SMILES string of the molecule is c1coc(-c2ccc3ccc4ccc(-c5ccco5)c5ccc2c3c45)c1. The third kappa shape index (κ3) is 1.76. The third-order valence-corrected chi connectivity index (χ3v) is 5.24. The second kappa shape index (κ2) is 4.99. The lowest BCUT2D eigenvalue weighted by Crippen LogP contribution is -1.88. The van der Waals surface area contributed by atoms with Crippen LogP contribution in [0, 0.1) is 0 Å². The maximum Gasteiger partial charge on any atom is 0.134 e. The van der Waals surface area contributed by atoms with Crippen LogP contribution >= 0.6 is 0 Å². The van der Waals surface area contributed by atoms with Crippen LogP contribution in [0.4, 0.5) is 0 Å². The Morgan fingerprint density at radius 2 is 0.923 bits per heavy atom. The highest BCUT2D eigenvalue weighted by Gasteiger charge is 2.16. The summed E-state index contributed by atoms with van der Waals surface area (Å²) in [6.45, 7) is 0. The van der Waals surface area contributed by atoms with Gasteiger partial charge < -0.3 is 8.83 Å². The molecule has 0 radical (unpaired) electrons. The first kappa shape index (κ1) is 13.7. The summed E-state index contributed by atoms with van der Waals surface area (Å²) in [5, 5.41) is 7.47. The highest BCUT2D eigenvalue weighted by Crippen LogP contribution is 2.42. The summed E-state index contributed by atoms with van der Waals surface area (Å²) in [4.78, 5) is 0. The number of furan rings is 2. The predicted molar refractivity (Wildman–Crippen MR) is 106 cm³/mol. The molecular weight excluding hydrogens is 320 g/mol. The van der Waals surface area contributed by atoms with Crippen LogP contribution in [0.2, 0.25) is 0 Å². The minimum Gasteiger partial charge on any atom is -0.464 e. The summed E-state index contributed by atoms with van der Waals surface area (Å²) in [5.74, 6) is 1.79. The van der Waals surface area contributed by atoms with Crippen LogP contribution in [0.25, 0.3) is 55.0 Å². The van der Waals surface area contributed by atoms with Crippen molar-refractivity contribution in [3.05, 3.63) is 85.3 Å². The molecule has 122 valence electrons. The molecule has 0 bridgehead atoms. The van der Waals surface area contributed by atoms with Crippen LogP contribution in [-0.4, -0.2) is 0 Å². The van der Waals surface area contributed by atoms with E-state index in [1.807, 2.05) is 24.3 Å². The summed E-state index contributed by atoms with van der Waals surface area (Å²) in [6, 6.07) is 25.3. The van der Waals surface area contributed by atoms with Crippen LogP contribution in [-0.2, 0) is 0 Å². The van der Waals surface area contributed by atoms with Crippen LogP contribution in [0.3, 0.4) is 0 Å². The molecule has 2 nitrogen and oxygen atoms in total. The summed E-state index contributed by atoms with van der Waals surface area (Å²) < 4.78 is 11.4. The Morgan fingerprint density at radius 1 is 0.462 bits per heavy atom. The monoisotopic (exact) mass is 334 g/mol. The van der Waals surface area contributed by atoms with Crippen molar-refractivity contribution in [1.82, 2.24) is 0 Å². The topological polar surface area (TPSA) is 26.3 Å². The van der Waals surface area contributed by atoms with Gasteiger partial charge in [0.15, 0.2) is 0 Å². The highest BCUT2D eigenvalue weighted by atomic mass is 16.3. The first-order chi connectivity index (χ1) is 12.9. The molecule has 6 aromatic rings. The average Bonchev–Trinajstić information content (AvgIpc) is 3.40. The molecule has 0 unspecified atom stereocenters. The number of rotatable bonds is 2. The molecule has 2 heterocycles. The van der Waals surface area contributed by atoms with E-state index in [1.54, 1.807) is 12.5 Å². The van der Waals surface area contributed by atoms with Gasteiger partial charge in [-0.25, -0.2) is 0 Å². The van der Waals surface area contributed by atoms with Gasteiger partial charge in [0, 0.05) is 11.1 Å². The molecule has 0 fully saturated rings. The molecule has 0 saturated heterocycles. The second-order valence-corrected chi connectivity index (χ2v) is 6.60. The summed E-state index contributed by atoms with van der Waals surface area (Å²) in [5.41, 5.74) is 2.25. The van der Waals surface area contributed by atoms with Crippen molar-refractivity contribution in [1.29, 1.82) is 0 Å². The lowest BCUT2D eigenvalue weighted by molar-refractivity contribution is 0.582. The van der Waals surface area contributed by atoms with Crippen molar-refractivity contribution in [3.63, 3.8) is 0 Å². The van der Waals surface area contributed by atoms with E-state index in [0.29, 0.717) is 0 Å². The van der Waals surface area contributed by atoms with Gasteiger partial charge in [-0.15, -0.1) is 0 Å². The van der Waals surface area contributed by atoms with E-state index in [0.717, 1.165) is 22.6 Å². The first-order valence-electron chi connectivity index (χ1n) is 8.68. The van der Waals surface area contributed by atoms with E-state index in [2.05, 4.69) is 48.5 Å². The van der Waals surface area contributed by atoms with Crippen LogP contribution < -0.4 is 0 Å². The Balaban J connectivity index is 1.81. The van der Waals surface area contributed by atoms with E-state index in [4.69, 9.17) is 8.83 Å². The fraction of sp³-hybridized carbons (Fsp3) is 0. The zero-order valence-electron chi connectivity index (χ0n) is 13.9. The smallest absolute Gasteiger partial charge is 0.134 e. The van der Waals surface area contributed by atoms with Crippen molar-refractivity contribution >= 4 is 32.3 Å². The fourth-order valence-electron chi connectivity index (χ4n) is 4.09. The molecule has 0 atom stereocenters. The van der Waals surface area contributed by atoms with Gasteiger partial charge in [-0.3, -0.25) is 0 Å². The molecule has 0 aliphatic rings. The van der Waals surface area contributed by atoms with Crippen LogP contribution in [0.1, 0.15) is 0 Å². The maximum atomic E-state index is 5.68. The molecule has 0 aliphatic heterocycles. The predicted octanol–water partition coefficient (Wildman–Crippen LogP) is 7.10. The zero-order valence-corrected chi connectivity index (χ0v) is 13.9. The molecule has 6 rings (SSSR count). The van der Waals surface area contributed by atoms with Gasteiger partial charge in [0.1, 0.15) is 11.5 Å². The summed E-state index contributed by atoms with van der Waals surface area (Å²) in [6.07, 6.45) is 3.45. The number of benzene rings is 4. The Kier molecular flexibility index (Phi) is 2.64.